The van der Waals surface area contributed by atoms with Gasteiger partial charge in [0.15, 0.2) is 0 Å². The molecule has 0 fully saturated rings. The number of ether oxygens (including phenoxy) is 1. The zero-order chi connectivity index (χ0) is 18.4. The molecule has 0 aliphatic rings. The van der Waals surface area contributed by atoms with E-state index in [2.05, 4.69) is 57.0 Å². The number of aromatic nitrogens is 3. The molecule has 0 aliphatic heterocycles. The van der Waals surface area contributed by atoms with Gasteiger partial charge < -0.3 is 15.0 Å². The molecule has 6 nitrogen and oxygen atoms in total. The molecule has 3 aromatic rings. The minimum Gasteiger partial charge on any atom is -0.497 e. The minimum atomic E-state index is 0.763. The maximum Gasteiger partial charge on any atom is 0.218 e. The van der Waals surface area contributed by atoms with Crippen LogP contribution in [0.4, 0.5) is 5.13 Å². The largest absolute Gasteiger partial charge is 0.497 e. The lowest BCUT2D eigenvalue weighted by atomic mass is 10.2. The van der Waals surface area contributed by atoms with Crippen molar-refractivity contribution < 1.29 is 4.74 Å². The minimum absolute atomic E-state index is 0.763. The Labute approximate surface area is 158 Å². The van der Waals surface area contributed by atoms with Crippen LogP contribution < -0.4 is 15.0 Å². The van der Waals surface area contributed by atoms with E-state index in [-0.39, 0.29) is 0 Å². The second-order valence-corrected chi connectivity index (χ2v) is 6.80. The molecule has 7 heteroatoms. The molecule has 0 amide bonds. The van der Waals surface area contributed by atoms with Gasteiger partial charge in [-0.3, -0.25) is 4.57 Å². The van der Waals surface area contributed by atoms with Crippen LogP contribution in [-0.2, 0) is 13.1 Å². The Morgan fingerprint density at radius 3 is 2.54 bits per heavy atom. The van der Waals surface area contributed by atoms with E-state index in [9.17, 15) is 0 Å². The van der Waals surface area contributed by atoms with Crippen molar-refractivity contribution in [2.24, 2.45) is 0 Å². The van der Waals surface area contributed by atoms with E-state index < -0.39 is 0 Å². The molecule has 0 saturated heterocycles. The summed E-state index contributed by atoms with van der Waals surface area (Å²) in [5, 5.41) is 14.1. The van der Waals surface area contributed by atoms with Crippen LogP contribution in [0.5, 0.6) is 5.75 Å². The molecule has 1 N–H and O–H groups in total. The van der Waals surface area contributed by atoms with E-state index in [4.69, 9.17) is 4.74 Å². The Hall–Kier alpha value is -2.38. The number of benzene rings is 1. The molecule has 1 aromatic carbocycles. The van der Waals surface area contributed by atoms with Gasteiger partial charge in [0.05, 0.1) is 7.11 Å². The molecular weight excluding hydrogens is 346 g/mol. The topological polar surface area (TPSA) is 55.2 Å². The van der Waals surface area contributed by atoms with Crippen LogP contribution in [0.1, 0.15) is 25.1 Å². The third-order valence-electron chi connectivity index (χ3n) is 4.27. The van der Waals surface area contributed by atoms with Crippen molar-refractivity contribution in [2.75, 3.05) is 25.1 Å². The first-order valence-corrected chi connectivity index (χ1v) is 9.65. The van der Waals surface area contributed by atoms with Gasteiger partial charge in [-0.05, 0) is 43.7 Å². The monoisotopic (exact) mass is 371 g/mol. The van der Waals surface area contributed by atoms with Crippen LogP contribution in [0.3, 0.4) is 0 Å². The smallest absolute Gasteiger partial charge is 0.218 e. The number of nitrogens with one attached hydrogen (secondary N) is 1. The number of hydrogen-bond acceptors (Lipinski definition) is 6. The molecule has 138 valence electrons. The molecular formula is C19H25N5OS. The highest BCUT2D eigenvalue weighted by Gasteiger charge is 2.12. The summed E-state index contributed by atoms with van der Waals surface area (Å²) in [6.07, 6.45) is 2.04. The van der Waals surface area contributed by atoms with Crippen molar-refractivity contribution in [3.8, 4) is 10.9 Å². The maximum atomic E-state index is 5.19. The van der Waals surface area contributed by atoms with Gasteiger partial charge in [0, 0.05) is 38.1 Å². The number of methoxy groups -OCH3 is 1. The Morgan fingerprint density at radius 1 is 1.08 bits per heavy atom. The fraction of sp³-hybridized carbons (Fsp3) is 0.368. The summed E-state index contributed by atoms with van der Waals surface area (Å²) in [4.78, 5) is 2.21. The van der Waals surface area contributed by atoms with Gasteiger partial charge in [0.2, 0.25) is 10.3 Å². The molecule has 0 saturated carbocycles. The summed E-state index contributed by atoms with van der Waals surface area (Å²) in [6.45, 7) is 7.71. The fourth-order valence-electron chi connectivity index (χ4n) is 2.75. The molecule has 0 unspecified atom stereocenters. The number of rotatable bonds is 9. The standard InChI is InChI=1S/C19H25N5OS/c1-4-23(5-2)18-21-22-19(26-18)24-12-6-7-16(24)14-20-13-15-8-10-17(25-3)11-9-15/h6-12,20H,4-5,13-14H2,1-3H3. The average Bonchev–Trinajstić information content (AvgIpc) is 3.33. The summed E-state index contributed by atoms with van der Waals surface area (Å²) in [5.74, 6) is 0.878. The number of anilines is 1. The van der Waals surface area contributed by atoms with Crippen LogP contribution >= 0.6 is 11.3 Å². The van der Waals surface area contributed by atoms with Crippen molar-refractivity contribution >= 4 is 16.5 Å². The summed E-state index contributed by atoms with van der Waals surface area (Å²) < 4.78 is 7.30. The highest BCUT2D eigenvalue weighted by molar-refractivity contribution is 7.17. The summed E-state index contributed by atoms with van der Waals surface area (Å²) >= 11 is 1.62. The molecule has 2 aromatic heterocycles. The SMILES string of the molecule is CCN(CC)c1nnc(-n2cccc2CNCc2ccc(OC)cc2)s1. The van der Waals surface area contributed by atoms with E-state index in [0.717, 1.165) is 42.2 Å². The Bertz CT molecular complexity index is 807. The average molecular weight is 372 g/mol. The predicted molar refractivity (Wildman–Crippen MR) is 106 cm³/mol. The second kappa shape index (κ2) is 8.82. The quantitative estimate of drug-likeness (QED) is 0.624. The molecule has 26 heavy (non-hydrogen) atoms. The van der Waals surface area contributed by atoms with Crippen molar-refractivity contribution in [2.45, 2.75) is 26.9 Å². The summed E-state index contributed by atoms with van der Waals surface area (Å²) in [7, 11) is 1.68. The van der Waals surface area contributed by atoms with Crippen LogP contribution in [-0.4, -0.2) is 35.0 Å². The van der Waals surface area contributed by atoms with Gasteiger partial charge in [0.25, 0.3) is 0 Å². The normalized spacial score (nSPS) is 10.9. The molecule has 2 heterocycles. The maximum absolute atomic E-state index is 5.19. The molecule has 0 atom stereocenters. The van der Waals surface area contributed by atoms with E-state index >= 15 is 0 Å². The van der Waals surface area contributed by atoms with Crippen molar-refractivity contribution in [1.82, 2.24) is 20.1 Å². The van der Waals surface area contributed by atoms with Gasteiger partial charge in [-0.1, -0.05) is 23.5 Å². The highest BCUT2D eigenvalue weighted by Crippen LogP contribution is 2.24. The third-order valence-corrected chi connectivity index (χ3v) is 5.25. The lowest BCUT2D eigenvalue weighted by Crippen LogP contribution is -2.21. The Kier molecular flexibility index (Phi) is 6.25. The lowest BCUT2D eigenvalue weighted by molar-refractivity contribution is 0.414. The van der Waals surface area contributed by atoms with Crippen molar-refractivity contribution in [3.63, 3.8) is 0 Å². The molecule has 0 bridgehead atoms. The van der Waals surface area contributed by atoms with Gasteiger partial charge in [-0.2, -0.15) is 0 Å². The van der Waals surface area contributed by atoms with E-state index in [1.54, 1.807) is 18.4 Å². The van der Waals surface area contributed by atoms with E-state index in [1.165, 1.54) is 11.3 Å². The molecule has 3 rings (SSSR count). The van der Waals surface area contributed by atoms with Crippen molar-refractivity contribution in [3.05, 3.63) is 53.9 Å². The van der Waals surface area contributed by atoms with Crippen molar-refractivity contribution in [1.29, 1.82) is 0 Å². The van der Waals surface area contributed by atoms with Crippen LogP contribution in [0, 0.1) is 0 Å². The molecule has 0 spiro atoms. The Morgan fingerprint density at radius 2 is 1.85 bits per heavy atom. The molecule has 0 radical (unpaired) electrons. The number of hydrogen-bond donors (Lipinski definition) is 1. The zero-order valence-electron chi connectivity index (χ0n) is 15.5. The van der Waals surface area contributed by atoms with E-state index in [0.29, 0.717) is 0 Å². The first-order valence-electron chi connectivity index (χ1n) is 8.83. The first-order chi connectivity index (χ1) is 12.7. The van der Waals surface area contributed by atoms with Gasteiger partial charge in [0.1, 0.15) is 5.75 Å². The predicted octanol–water partition coefficient (Wildman–Crippen LogP) is 3.47. The van der Waals surface area contributed by atoms with Crippen LogP contribution in [0.2, 0.25) is 0 Å². The fourth-order valence-corrected chi connectivity index (χ4v) is 3.74. The zero-order valence-corrected chi connectivity index (χ0v) is 16.3. The molecule has 0 aliphatic carbocycles. The van der Waals surface area contributed by atoms with Crippen LogP contribution in [0.15, 0.2) is 42.6 Å². The van der Waals surface area contributed by atoms with Gasteiger partial charge in [-0.25, -0.2) is 0 Å². The number of nitrogens with zero attached hydrogens (tertiary/aromatic N) is 4. The first kappa shape index (κ1) is 18.4. The summed E-state index contributed by atoms with van der Waals surface area (Å²) in [5.41, 5.74) is 2.39. The van der Waals surface area contributed by atoms with Crippen LogP contribution in [0.25, 0.3) is 5.13 Å². The van der Waals surface area contributed by atoms with E-state index in [1.807, 2.05) is 24.4 Å². The Balaban J connectivity index is 1.63. The third kappa shape index (κ3) is 4.23. The van der Waals surface area contributed by atoms with Gasteiger partial charge in [-0.15, -0.1) is 10.2 Å². The van der Waals surface area contributed by atoms with Gasteiger partial charge >= 0.3 is 0 Å². The summed E-state index contributed by atoms with van der Waals surface area (Å²) in [6, 6.07) is 12.3. The second-order valence-electron chi connectivity index (χ2n) is 5.86. The lowest BCUT2D eigenvalue weighted by Gasteiger charge is -2.15. The highest BCUT2D eigenvalue weighted by atomic mass is 32.1.